The number of aromatic nitrogens is 3. The van der Waals surface area contributed by atoms with Gasteiger partial charge < -0.3 is 15.4 Å². The third-order valence-corrected chi connectivity index (χ3v) is 6.68. The number of hydrogen-bond acceptors (Lipinski definition) is 7. The van der Waals surface area contributed by atoms with Crippen LogP contribution in [0.1, 0.15) is 27.3 Å². The Kier molecular flexibility index (Phi) is 8.46. The molecule has 0 bridgehead atoms. The standard InChI is InChI=1S/C28H27ClFN7O3/c1-40-16-18-11-17(34-35-18)15-32-28(39)25-14-26(37(36-25)19-7-3-2-4-8-19)33-27(38)20-12-21(23(30)13-22(20)29)24-9-5-6-10-31-24/h2-10,12-14,17-18,34-35H,11,15-16H2,1H3,(H,32,39)(H,33,38). The van der Waals surface area contributed by atoms with E-state index in [1.54, 1.807) is 37.4 Å². The molecule has 2 atom stereocenters. The van der Waals surface area contributed by atoms with Crippen LogP contribution in [0, 0.1) is 5.82 Å². The molecule has 5 rings (SSSR count). The number of methoxy groups -OCH3 is 1. The first kappa shape index (κ1) is 27.4. The van der Waals surface area contributed by atoms with Gasteiger partial charge in [-0.3, -0.25) is 25.4 Å². The lowest BCUT2D eigenvalue weighted by molar-refractivity contribution is 0.0943. The summed E-state index contributed by atoms with van der Waals surface area (Å²) in [5, 5.41) is 10.0. The lowest BCUT2D eigenvalue weighted by atomic mass is 10.1. The summed E-state index contributed by atoms with van der Waals surface area (Å²) in [6.45, 7) is 0.927. The van der Waals surface area contributed by atoms with E-state index < -0.39 is 17.6 Å². The minimum Gasteiger partial charge on any atom is -0.383 e. The molecule has 1 aliphatic rings. The molecule has 0 radical (unpaired) electrons. The van der Waals surface area contributed by atoms with Crippen LogP contribution in [0.2, 0.25) is 5.02 Å². The number of benzene rings is 2. The van der Waals surface area contributed by atoms with Crippen LogP contribution < -0.4 is 21.5 Å². The predicted molar refractivity (Wildman–Crippen MR) is 149 cm³/mol. The van der Waals surface area contributed by atoms with Gasteiger partial charge in [0.05, 0.1) is 28.6 Å². The van der Waals surface area contributed by atoms with E-state index in [0.717, 1.165) is 12.5 Å². The van der Waals surface area contributed by atoms with E-state index in [1.807, 2.05) is 18.2 Å². The van der Waals surface area contributed by atoms with Crippen LogP contribution in [-0.2, 0) is 4.74 Å². The fourth-order valence-corrected chi connectivity index (χ4v) is 4.66. The van der Waals surface area contributed by atoms with Crippen molar-refractivity contribution in [2.24, 2.45) is 0 Å². The Morgan fingerprint density at radius 1 is 1.07 bits per heavy atom. The number of hydrogen-bond donors (Lipinski definition) is 4. The highest BCUT2D eigenvalue weighted by Crippen LogP contribution is 2.28. The van der Waals surface area contributed by atoms with Crippen molar-refractivity contribution in [1.82, 2.24) is 30.9 Å². The molecule has 3 heterocycles. The number of carbonyl (C=O) groups excluding carboxylic acids is 2. The molecule has 40 heavy (non-hydrogen) atoms. The number of nitrogens with zero attached hydrogens (tertiary/aromatic N) is 3. The maximum absolute atomic E-state index is 14.7. The second-order valence-corrected chi connectivity index (χ2v) is 9.63. The zero-order valence-electron chi connectivity index (χ0n) is 21.5. The van der Waals surface area contributed by atoms with Gasteiger partial charge in [0.15, 0.2) is 5.69 Å². The molecular weight excluding hydrogens is 537 g/mol. The van der Waals surface area contributed by atoms with E-state index in [9.17, 15) is 14.0 Å². The van der Waals surface area contributed by atoms with Crippen LogP contribution >= 0.6 is 11.6 Å². The predicted octanol–water partition coefficient (Wildman–Crippen LogP) is 3.59. The Labute approximate surface area is 234 Å². The first-order valence-corrected chi connectivity index (χ1v) is 13.0. The Balaban J connectivity index is 1.38. The Bertz CT molecular complexity index is 1500. The minimum atomic E-state index is -0.603. The average molecular weight is 564 g/mol. The number of rotatable bonds is 9. The van der Waals surface area contributed by atoms with E-state index in [1.165, 1.54) is 23.0 Å². The molecular formula is C28H27ClFN7O3. The van der Waals surface area contributed by atoms with Crippen molar-refractivity contribution < 1.29 is 18.7 Å². The number of anilines is 1. The van der Waals surface area contributed by atoms with Gasteiger partial charge in [0.1, 0.15) is 11.6 Å². The third kappa shape index (κ3) is 6.18. The van der Waals surface area contributed by atoms with Crippen LogP contribution in [0.15, 0.2) is 72.9 Å². The van der Waals surface area contributed by atoms with Crippen molar-refractivity contribution in [2.75, 3.05) is 25.6 Å². The number of ether oxygens (including phenoxy) is 1. The molecule has 4 N–H and O–H groups in total. The molecule has 1 fully saturated rings. The zero-order chi connectivity index (χ0) is 28.1. The number of hydrazine groups is 1. The number of para-hydroxylation sites is 1. The summed E-state index contributed by atoms with van der Waals surface area (Å²) >= 11 is 6.27. The minimum absolute atomic E-state index is 0.0217. The molecule has 1 saturated heterocycles. The lowest BCUT2D eigenvalue weighted by Crippen LogP contribution is -2.41. The van der Waals surface area contributed by atoms with E-state index in [-0.39, 0.29) is 39.7 Å². The molecule has 2 amide bonds. The summed E-state index contributed by atoms with van der Waals surface area (Å²) in [4.78, 5) is 30.6. The van der Waals surface area contributed by atoms with E-state index >= 15 is 0 Å². The van der Waals surface area contributed by atoms with Gasteiger partial charge in [-0.25, -0.2) is 9.07 Å². The molecule has 0 spiro atoms. The molecule has 2 aromatic carbocycles. The third-order valence-electron chi connectivity index (χ3n) is 6.36. The fourth-order valence-electron chi connectivity index (χ4n) is 4.42. The molecule has 0 saturated carbocycles. The van der Waals surface area contributed by atoms with Crippen molar-refractivity contribution in [2.45, 2.75) is 18.5 Å². The first-order chi connectivity index (χ1) is 19.4. The summed E-state index contributed by atoms with van der Waals surface area (Å²) in [5.74, 6) is -1.37. The highest BCUT2D eigenvalue weighted by atomic mass is 35.5. The van der Waals surface area contributed by atoms with Gasteiger partial charge in [-0.15, -0.1) is 0 Å². The highest BCUT2D eigenvalue weighted by Gasteiger charge is 2.25. The van der Waals surface area contributed by atoms with Crippen LogP contribution in [0.25, 0.3) is 16.9 Å². The number of carbonyl (C=O) groups is 2. The summed E-state index contributed by atoms with van der Waals surface area (Å²) in [6, 6.07) is 18.2. The topological polar surface area (TPSA) is 122 Å². The summed E-state index contributed by atoms with van der Waals surface area (Å²) in [5.41, 5.74) is 7.54. The Morgan fingerprint density at radius 2 is 1.85 bits per heavy atom. The smallest absolute Gasteiger partial charge is 0.271 e. The molecule has 206 valence electrons. The number of pyridine rings is 1. The van der Waals surface area contributed by atoms with Gasteiger partial charge in [0, 0.05) is 43.6 Å². The normalized spacial score (nSPS) is 16.6. The van der Waals surface area contributed by atoms with Crippen molar-refractivity contribution in [3.63, 3.8) is 0 Å². The first-order valence-electron chi connectivity index (χ1n) is 12.6. The molecule has 10 nitrogen and oxygen atoms in total. The summed E-state index contributed by atoms with van der Waals surface area (Å²) < 4.78 is 21.3. The van der Waals surface area contributed by atoms with Gasteiger partial charge in [0.25, 0.3) is 11.8 Å². The van der Waals surface area contributed by atoms with E-state index in [2.05, 4.69) is 31.6 Å². The fraction of sp³-hybridized carbons (Fsp3) is 0.214. The monoisotopic (exact) mass is 563 g/mol. The van der Waals surface area contributed by atoms with Crippen molar-refractivity contribution in [3.05, 3.63) is 95.0 Å². The lowest BCUT2D eigenvalue weighted by Gasteiger charge is -2.11. The summed E-state index contributed by atoms with van der Waals surface area (Å²) in [7, 11) is 1.64. The quantitative estimate of drug-likeness (QED) is 0.245. The number of amides is 2. The maximum Gasteiger partial charge on any atom is 0.271 e. The maximum atomic E-state index is 14.7. The van der Waals surface area contributed by atoms with Crippen LogP contribution in [0.5, 0.6) is 0 Å². The van der Waals surface area contributed by atoms with Crippen molar-refractivity contribution >= 4 is 29.2 Å². The van der Waals surface area contributed by atoms with Gasteiger partial charge in [-0.2, -0.15) is 5.10 Å². The van der Waals surface area contributed by atoms with Crippen LogP contribution in [-0.4, -0.2) is 58.9 Å². The Hall–Kier alpha value is -4.16. The second kappa shape index (κ2) is 12.3. The molecule has 4 aromatic rings. The van der Waals surface area contributed by atoms with Gasteiger partial charge in [-0.05, 0) is 42.8 Å². The number of nitrogens with one attached hydrogen (secondary N) is 4. The van der Waals surface area contributed by atoms with E-state index in [4.69, 9.17) is 16.3 Å². The molecule has 0 aliphatic carbocycles. The highest BCUT2D eigenvalue weighted by molar-refractivity contribution is 6.34. The number of halogens is 2. The summed E-state index contributed by atoms with van der Waals surface area (Å²) in [6.07, 6.45) is 2.32. The molecule has 2 aromatic heterocycles. The largest absolute Gasteiger partial charge is 0.383 e. The Morgan fingerprint density at radius 3 is 2.60 bits per heavy atom. The zero-order valence-corrected chi connectivity index (χ0v) is 22.3. The van der Waals surface area contributed by atoms with Crippen LogP contribution in [0.4, 0.5) is 10.2 Å². The molecule has 2 unspecified atom stereocenters. The molecule has 12 heteroatoms. The van der Waals surface area contributed by atoms with Gasteiger partial charge in [-0.1, -0.05) is 35.9 Å². The van der Waals surface area contributed by atoms with E-state index in [0.29, 0.717) is 24.5 Å². The second-order valence-electron chi connectivity index (χ2n) is 9.23. The SMILES string of the molecule is COCC1CC(CNC(=O)c2cc(NC(=O)c3cc(-c4ccccn4)c(F)cc3Cl)n(-c3ccccc3)n2)NN1. The van der Waals surface area contributed by atoms with Crippen molar-refractivity contribution in [1.29, 1.82) is 0 Å². The van der Waals surface area contributed by atoms with Crippen LogP contribution in [0.3, 0.4) is 0 Å². The molecule has 1 aliphatic heterocycles. The van der Waals surface area contributed by atoms with Crippen molar-refractivity contribution in [3.8, 4) is 16.9 Å². The van der Waals surface area contributed by atoms with Gasteiger partial charge in [0.2, 0.25) is 0 Å². The average Bonchev–Trinajstić information content (AvgIpc) is 3.60. The van der Waals surface area contributed by atoms with Gasteiger partial charge >= 0.3 is 0 Å².